The fourth-order valence-corrected chi connectivity index (χ4v) is 3.79. The quantitative estimate of drug-likeness (QED) is 0.695. The molecule has 30 heavy (non-hydrogen) atoms. The van der Waals surface area contributed by atoms with E-state index in [9.17, 15) is 9.59 Å². The van der Waals surface area contributed by atoms with Crippen LogP contribution in [0.1, 0.15) is 26.3 Å². The number of nitrogens with one attached hydrogen (secondary N) is 1. The average molecular weight is 476 g/mol. The lowest BCUT2D eigenvalue weighted by Crippen LogP contribution is -2.47. The number of hydrogen-bond acceptors (Lipinski definition) is 5. The summed E-state index contributed by atoms with van der Waals surface area (Å²) in [5.74, 6) is 0.849. The number of carbonyl (C=O) groups is 2. The van der Waals surface area contributed by atoms with Crippen molar-refractivity contribution in [3.05, 3.63) is 57.6 Å². The minimum Gasteiger partial charge on any atom is -0.495 e. The van der Waals surface area contributed by atoms with Gasteiger partial charge in [0, 0.05) is 43.9 Å². The standard InChI is InChI=1S/C22H26BrN3O4/c1-25-8-10-26(11-9-25)22(28)16-6-4-15(5-7-16)14-24-21(27)17-12-18(29-2)20(23)19(13-17)30-3/h4-7,12-13H,8-11,14H2,1-3H3,(H,24,27). The lowest BCUT2D eigenvalue weighted by Gasteiger charge is -2.32. The molecule has 0 saturated carbocycles. The number of ether oxygens (including phenoxy) is 2. The highest BCUT2D eigenvalue weighted by molar-refractivity contribution is 9.10. The van der Waals surface area contributed by atoms with Crippen molar-refractivity contribution in [3.63, 3.8) is 0 Å². The molecule has 160 valence electrons. The molecule has 2 aromatic carbocycles. The van der Waals surface area contributed by atoms with Gasteiger partial charge in [-0.15, -0.1) is 0 Å². The Kier molecular flexibility index (Phi) is 7.33. The van der Waals surface area contributed by atoms with Crippen LogP contribution in [0.5, 0.6) is 11.5 Å². The first kappa shape index (κ1) is 22.1. The van der Waals surface area contributed by atoms with Crippen LogP contribution in [-0.4, -0.2) is 69.1 Å². The molecule has 0 aliphatic carbocycles. The molecule has 0 unspecified atom stereocenters. The van der Waals surface area contributed by atoms with Crippen molar-refractivity contribution >= 4 is 27.7 Å². The normalized spacial score (nSPS) is 14.3. The van der Waals surface area contributed by atoms with Gasteiger partial charge in [-0.1, -0.05) is 12.1 Å². The summed E-state index contributed by atoms with van der Waals surface area (Å²) in [6, 6.07) is 10.7. The third-order valence-electron chi connectivity index (χ3n) is 5.15. The molecule has 0 aromatic heterocycles. The number of amides is 2. The zero-order chi connectivity index (χ0) is 21.7. The Bertz CT molecular complexity index is 884. The zero-order valence-electron chi connectivity index (χ0n) is 17.4. The third-order valence-corrected chi connectivity index (χ3v) is 5.93. The van der Waals surface area contributed by atoms with Gasteiger partial charge in [0.25, 0.3) is 11.8 Å². The molecule has 3 rings (SSSR count). The molecule has 0 atom stereocenters. The maximum absolute atomic E-state index is 12.6. The van der Waals surface area contributed by atoms with E-state index in [4.69, 9.17) is 9.47 Å². The van der Waals surface area contributed by atoms with Crippen LogP contribution >= 0.6 is 15.9 Å². The van der Waals surface area contributed by atoms with Gasteiger partial charge in [0.05, 0.1) is 14.2 Å². The van der Waals surface area contributed by atoms with Crippen LogP contribution in [0, 0.1) is 0 Å². The SMILES string of the molecule is COc1cc(C(=O)NCc2ccc(C(=O)N3CCN(C)CC3)cc2)cc(OC)c1Br. The van der Waals surface area contributed by atoms with Crippen molar-refractivity contribution in [3.8, 4) is 11.5 Å². The first-order chi connectivity index (χ1) is 14.4. The molecule has 2 aromatic rings. The molecule has 0 radical (unpaired) electrons. The highest BCUT2D eigenvalue weighted by Crippen LogP contribution is 2.35. The van der Waals surface area contributed by atoms with Gasteiger partial charge in [0.1, 0.15) is 16.0 Å². The Morgan fingerprint density at radius 3 is 2.07 bits per heavy atom. The van der Waals surface area contributed by atoms with Crippen molar-refractivity contribution in [2.75, 3.05) is 47.4 Å². The first-order valence-electron chi connectivity index (χ1n) is 9.69. The second-order valence-electron chi connectivity index (χ2n) is 7.17. The van der Waals surface area contributed by atoms with Gasteiger partial charge in [-0.25, -0.2) is 0 Å². The van der Waals surface area contributed by atoms with Crippen molar-refractivity contribution in [1.82, 2.24) is 15.1 Å². The van der Waals surface area contributed by atoms with Crippen LogP contribution in [0.25, 0.3) is 0 Å². The van der Waals surface area contributed by atoms with E-state index in [2.05, 4.69) is 33.2 Å². The number of benzene rings is 2. The number of piperazine rings is 1. The molecule has 1 aliphatic heterocycles. The molecule has 7 nitrogen and oxygen atoms in total. The van der Waals surface area contributed by atoms with E-state index in [1.807, 2.05) is 29.2 Å². The summed E-state index contributed by atoms with van der Waals surface area (Å²) in [5, 5.41) is 2.89. The number of likely N-dealkylation sites (N-methyl/N-ethyl adjacent to an activating group) is 1. The molecule has 8 heteroatoms. The maximum atomic E-state index is 12.6. The number of hydrogen-bond donors (Lipinski definition) is 1. The zero-order valence-corrected chi connectivity index (χ0v) is 19.0. The van der Waals surface area contributed by atoms with Crippen LogP contribution < -0.4 is 14.8 Å². The molecule has 0 bridgehead atoms. The van der Waals surface area contributed by atoms with Gasteiger partial charge in [0.15, 0.2) is 0 Å². The number of carbonyl (C=O) groups excluding carboxylic acids is 2. The second-order valence-corrected chi connectivity index (χ2v) is 7.96. The molecule has 1 N–H and O–H groups in total. The fourth-order valence-electron chi connectivity index (χ4n) is 3.24. The van der Waals surface area contributed by atoms with Crippen molar-refractivity contribution in [1.29, 1.82) is 0 Å². The topological polar surface area (TPSA) is 71.1 Å². The highest BCUT2D eigenvalue weighted by Gasteiger charge is 2.20. The van der Waals surface area contributed by atoms with Crippen LogP contribution in [0.4, 0.5) is 0 Å². The van der Waals surface area contributed by atoms with Crippen molar-refractivity contribution < 1.29 is 19.1 Å². The Balaban J connectivity index is 1.61. The molecule has 1 fully saturated rings. The van der Waals surface area contributed by atoms with Gasteiger partial charge in [-0.05, 0) is 52.8 Å². The van der Waals surface area contributed by atoms with E-state index in [0.29, 0.717) is 33.6 Å². The Morgan fingerprint density at radius 1 is 0.967 bits per heavy atom. The van der Waals surface area contributed by atoms with Gasteiger partial charge < -0.3 is 24.6 Å². The van der Waals surface area contributed by atoms with Gasteiger partial charge in [-0.2, -0.15) is 0 Å². The molecule has 0 spiro atoms. The van der Waals surface area contributed by atoms with Crippen LogP contribution in [0.15, 0.2) is 40.9 Å². The summed E-state index contributed by atoms with van der Waals surface area (Å²) in [6.07, 6.45) is 0. The molecule has 2 amide bonds. The van der Waals surface area contributed by atoms with E-state index in [-0.39, 0.29) is 11.8 Å². The lowest BCUT2D eigenvalue weighted by molar-refractivity contribution is 0.0664. The largest absolute Gasteiger partial charge is 0.495 e. The predicted molar refractivity (Wildman–Crippen MR) is 118 cm³/mol. The number of halogens is 1. The summed E-state index contributed by atoms with van der Waals surface area (Å²) in [6.45, 7) is 3.62. The van der Waals surface area contributed by atoms with E-state index in [1.165, 1.54) is 14.2 Å². The number of rotatable bonds is 6. The smallest absolute Gasteiger partial charge is 0.253 e. The Morgan fingerprint density at radius 2 is 1.53 bits per heavy atom. The lowest BCUT2D eigenvalue weighted by atomic mass is 10.1. The number of methoxy groups -OCH3 is 2. The summed E-state index contributed by atoms with van der Waals surface area (Å²) >= 11 is 3.40. The van der Waals surface area contributed by atoms with E-state index in [1.54, 1.807) is 12.1 Å². The summed E-state index contributed by atoms with van der Waals surface area (Å²) in [5.41, 5.74) is 2.01. The molecular formula is C22H26BrN3O4. The minimum atomic E-state index is -0.239. The summed E-state index contributed by atoms with van der Waals surface area (Å²) < 4.78 is 11.2. The summed E-state index contributed by atoms with van der Waals surface area (Å²) in [7, 11) is 5.13. The van der Waals surface area contributed by atoms with Crippen LogP contribution in [-0.2, 0) is 6.54 Å². The monoisotopic (exact) mass is 475 g/mol. The van der Waals surface area contributed by atoms with E-state index >= 15 is 0 Å². The van der Waals surface area contributed by atoms with Crippen molar-refractivity contribution in [2.45, 2.75) is 6.54 Å². The van der Waals surface area contributed by atoms with Gasteiger partial charge in [-0.3, -0.25) is 9.59 Å². The molecule has 1 heterocycles. The number of nitrogens with zero attached hydrogens (tertiary/aromatic N) is 2. The third kappa shape index (κ3) is 5.12. The van der Waals surface area contributed by atoms with Crippen LogP contribution in [0.3, 0.4) is 0 Å². The van der Waals surface area contributed by atoms with E-state index in [0.717, 1.165) is 31.7 Å². The van der Waals surface area contributed by atoms with E-state index < -0.39 is 0 Å². The Labute approximate surface area is 185 Å². The van der Waals surface area contributed by atoms with Gasteiger partial charge in [0.2, 0.25) is 0 Å². The molecule has 1 saturated heterocycles. The van der Waals surface area contributed by atoms with Gasteiger partial charge >= 0.3 is 0 Å². The minimum absolute atomic E-state index is 0.0488. The summed E-state index contributed by atoms with van der Waals surface area (Å²) in [4.78, 5) is 29.3. The average Bonchev–Trinajstić information content (AvgIpc) is 2.78. The second kappa shape index (κ2) is 9.95. The molecular weight excluding hydrogens is 450 g/mol. The molecule has 1 aliphatic rings. The maximum Gasteiger partial charge on any atom is 0.253 e. The predicted octanol–water partition coefficient (Wildman–Crippen LogP) is 2.78. The Hall–Kier alpha value is -2.58. The highest BCUT2D eigenvalue weighted by atomic mass is 79.9. The van der Waals surface area contributed by atoms with Crippen LogP contribution in [0.2, 0.25) is 0 Å². The fraction of sp³-hybridized carbons (Fsp3) is 0.364. The first-order valence-corrected chi connectivity index (χ1v) is 10.5. The van der Waals surface area contributed by atoms with Crippen molar-refractivity contribution in [2.24, 2.45) is 0 Å².